The number of fused-ring (bicyclic) bond motifs is 1. The molecule has 2 heterocycles. The summed E-state index contributed by atoms with van der Waals surface area (Å²) in [6.45, 7) is 2.54. The number of carbonyl (C=O) groups is 1. The fraction of sp³-hybridized carbons (Fsp3) is 0.350. The predicted molar refractivity (Wildman–Crippen MR) is 113 cm³/mol. The maximum Gasteiger partial charge on any atom is 0.250 e. The number of halogens is 1. The Kier molecular flexibility index (Phi) is 6.28. The number of carbonyl (C=O) groups excluding carboxylic acids is 1. The molecule has 0 radical (unpaired) electrons. The molecule has 3 aromatic rings. The minimum absolute atomic E-state index is 0.00583. The van der Waals surface area contributed by atoms with Gasteiger partial charge in [-0.3, -0.25) is 14.5 Å². The quantitative estimate of drug-likeness (QED) is 0.477. The van der Waals surface area contributed by atoms with E-state index in [0.29, 0.717) is 22.7 Å². The molecule has 0 saturated heterocycles. The van der Waals surface area contributed by atoms with Crippen molar-refractivity contribution in [3.05, 3.63) is 42.4 Å². The van der Waals surface area contributed by atoms with E-state index in [4.69, 9.17) is 11.5 Å². The van der Waals surface area contributed by atoms with Crippen LogP contribution in [-0.4, -0.2) is 33.3 Å². The zero-order chi connectivity index (χ0) is 21.0. The Bertz CT molecular complexity index is 1000. The van der Waals surface area contributed by atoms with Crippen LogP contribution in [0.1, 0.15) is 36.5 Å². The maximum atomic E-state index is 15.6. The van der Waals surface area contributed by atoms with Gasteiger partial charge in [0.1, 0.15) is 5.69 Å². The first-order valence-electron chi connectivity index (χ1n) is 9.58. The van der Waals surface area contributed by atoms with Gasteiger partial charge in [-0.1, -0.05) is 24.2 Å². The van der Waals surface area contributed by atoms with Crippen molar-refractivity contribution in [2.75, 3.05) is 17.0 Å². The molecule has 0 fully saturated rings. The largest absolute Gasteiger partial charge is 0.379 e. The predicted octanol–water partition coefficient (Wildman–Crippen LogP) is 3.02. The maximum absolute atomic E-state index is 15.6. The Hall–Kier alpha value is -3.20. The molecule has 0 aliphatic carbocycles. The average Bonchev–Trinajstić information content (AvgIpc) is 3.11. The Morgan fingerprint density at radius 1 is 1.34 bits per heavy atom. The van der Waals surface area contributed by atoms with Crippen LogP contribution in [0.4, 0.5) is 21.5 Å². The number of amides is 1. The van der Waals surface area contributed by atoms with Crippen LogP contribution in [0.25, 0.3) is 10.9 Å². The van der Waals surface area contributed by atoms with Gasteiger partial charge in [-0.25, -0.2) is 0 Å². The first-order valence-corrected chi connectivity index (χ1v) is 9.58. The van der Waals surface area contributed by atoms with E-state index in [1.807, 2.05) is 12.1 Å². The van der Waals surface area contributed by atoms with Crippen LogP contribution >= 0.6 is 0 Å². The fourth-order valence-corrected chi connectivity index (χ4v) is 3.26. The van der Waals surface area contributed by atoms with Crippen LogP contribution in [0.15, 0.2) is 36.8 Å². The van der Waals surface area contributed by atoms with E-state index in [1.54, 1.807) is 17.9 Å². The number of aryl methyl sites for hydroxylation is 1. The third kappa shape index (κ3) is 4.29. The van der Waals surface area contributed by atoms with Gasteiger partial charge in [-0.05, 0) is 24.6 Å². The minimum Gasteiger partial charge on any atom is -0.379 e. The van der Waals surface area contributed by atoms with Gasteiger partial charge in [0.2, 0.25) is 5.91 Å². The van der Waals surface area contributed by atoms with Crippen molar-refractivity contribution in [2.24, 2.45) is 18.5 Å². The molecule has 29 heavy (non-hydrogen) atoms. The van der Waals surface area contributed by atoms with E-state index in [2.05, 4.69) is 22.3 Å². The van der Waals surface area contributed by atoms with E-state index < -0.39 is 5.91 Å². The van der Waals surface area contributed by atoms with Crippen molar-refractivity contribution in [1.82, 2.24) is 14.8 Å². The van der Waals surface area contributed by atoms with Crippen LogP contribution in [-0.2, 0) is 7.05 Å². The van der Waals surface area contributed by atoms with Gasteiger partial charge < -0.3 is 16.8 Å². The van der Waals surface area contributed by atoms with Crippen molar-refractivity contribution >= 4 is 33.9 Å². The third-order valence-corrected chi connectivity index (χ3v) is 4.88. The van der Waals surface area contributed by atoms with E-state index in [-0.39, 0.29) is 23.0 Å². The molecule has 1 aromatic carbocycles. The molecule has 0 aliphatic heterocycles. The standard InChI is InChI=1S/C20H26FN7O/c1-3-4-5-14(9-22)26-17-6-7-18-16(12-25-27(18)2)19(17)28(21)15-8-13(20(23)29)10-24-11-15/h6-8,10-12,14,26H,3-5,9,22H2,1-2H3,(H2,23,29)/t14-/m1/s1. The molecule has 1 atom stereocenters. The van der Waals surface area contributed by atoms with Crippen LogP contribution in [0.5, 0.6) is 0 Å². The first-order chi connectivity index (χ1) is 14.0. The molecule has 5 N–H and O–H groups in total. The zero-order valence-corrected chi connectivity index (χ0v) is 16.6. The molecule has 0 saturated carbocycles. The number of hydrogen-bond acceptors (Lipinski definition) is 6. The second-order valence-electron chi connectivity index (χ2n) is 6.96. The Morgan fingerprint density at radius 2 is 2.14 bits per heavy atom. The zero-order valence-electron chi connectivity index (χ0n) is 16.6. The molecule has 0 spiro atoms. The van der Waals surface area contributed by atoms with Gasteiger partial charge >= 0.3 is 0 Å². The summed E-state index contributed by atoms with van der Waals surface area (Å²) >= 11 is 0. The number of nitrogens with one attached hydrogen (secondary N) is 1. The molecule has 1 amide bonds. The van der Waals surface area contributed by atoms with Crippen molar-refractivity contribution < 1.29 is 9.28 Å². The van der Waals surface area contributed by atoms with Crippen molar-refractivity contribution in [3.63, 3.8) is 0 Å². The highest BCUT2D eigenvalue weighted by atomic mass is 19.2. The fourth-order valence-electron chi connectivity index (χ4n) is 3.26. The average molecular weight is 399 g/mol. The number of primary amides is 1. The molecule has 2 aromatic heterocycles. The molecular formula is C20H26FN7O. The van der Waals surface area contributed by atoms with E-state index in [1.165, 1.54) is 18.5 Å². The Morgan fingerprint density at radius 3 is 2.83 bits per heavy atom. The number of benzene rings is 1. The highest BCUT2D eigenvalue weighted by Gasteiger charge is 2.21. The number of nitrogens with two attached hydrogens (primary N) is 2. The third-order valence-electron chi connectivity index (χ3n) is 4.88. The summed E-state index contributed by atoms with van der Waals surface area (Å²) < 4.78 is 17.3. The molecule has 154 valence electrons. The summed E-state index contributed by atoms with van der Waals surface area (Å²) in [5, 5.41) is 8.74. The first kappa shape index (κ1) is 20.5. The number of anilines is 3. The Labute approximate surface area is 168 Å². The summed E-state index contributed by atoms with van der Waals surface area (Å²) in [5.74, 6) is -0.673. The Balaban J connectivity index is 2.08. The lowest BCUT2D eigenvalue weighted by Crippen LogP contribution is -2.29. The van der Waals surface area contributed by atoms with Crippen molar-refractivity contribution in [2.45, 2.75) is 32.2 Å². The van der Waals surface area contributed by atoms with E-state index >= 15 is 4.48 Å². The summed E-state index contributed by atoms with van der Waals surface area (Å²) in [5.41, 5.74) is 13.1. The van der Waals surface area contributed by atoms with Crippen molar-refractivity contribution in [3.8, 4) is 0 Å². The molecule has 8 nitrogen and oxygen atoms in total. The summed E-state index contributed by atoms with van der Waals surface area (Å²) in [6, 6.07) is 5.07. The minimum atomic E-state index is -0.673. The molecule has 0 unspecified atom stereocenters. The number of pyridine rings is 1. The normalized spacial score (nSPS) is 12.1. The lowest BCUT2D eigenvalue weighted by molar-refractivity contribution is 0.1000. The summed E-state index contributed by atoms with van der Waals surface area (Å²) in [4.78, 5) is 15.4. The lowest BCUT2D eigenvalue weighted by atomic mass is 10.1. The monoisotopic (exact) mass is 399 g/mol. The second-order valence-corrected chi connectivity index (χ2v) is 6.96. The van der Waals surface area contributed by atoms with Crippen molar-refractivity contribution in [1.29, 1.82) is 0 Å². The molecule has 0 bridgehead atoms. The summed E-state index contributed by atoms with van der Waals surface area (Å²) in [7, 11) is 1.79. The molecule has 9 heteroatoms. The number of hydrogen-bond donors (Lipinski definition) is 3. The van der Waals surface area contributed by atoms with Gasteiger partial charge in [0.05, 0.1) is 34.8 Å². The van der Waals surface area contributed by atoms with E-state index in [0.717, 1.165) is 24.8 Å². The summed E-state index contributed by atoms with van der Waals surface area (Å²) in [6.07, 6.45) is 7.19. The van der Waals surface area contributed by atoms with Crippen LogP contribution in [0, 0.1) is 0 Å². The van der Waals surface area contributed by atoms with Gasteiger partial charge in [-0.2, -0.15) is 10.2 Å². The van der Waals surface area contributed by atoms with Gasteiger partial charge in [0.25, 0.3) is 0 Å². The number of unbranched alkanes of at least 4 members (excludes halogenated alkanes) is 1. The topological polar surface area (TPSA) is 115 Å². The number of aromatic nitrogens is 3. The van der Waals surface area contributed by atoms with Gasteiger partial charge in [0.15, 0.2) is 0 Å². The molecule has 3 rings (SSSR count). The highest BCUT2D eigenvalue weighted by Crippen LogP contribution is 2.39. The SMILES string of the molecule is CCCC[C@H](CN)Nc1ccc2c(cnn2C)c1N(F)c1cncc(C(N)=O)c1. The van der Waals surface area contributed by atoms with Gasteiger partial charge in [0, 0.05) is 31.2 Å². The van der Waals surface area contributed by atoms with E-state index in [9.17, 15) is 4.79 Å². The van der Waals surface area contributed by atoms with Crippen LogP contribution in [0.2, 0.25) is 0 Å². The van der Waals surface area contributed by atoms with Crippen LogP contribution < -0.4 is 21.9 Å². The number of nitrogens with zero attached hydrogens (tertiary/aromatic N) is 4. The molecule has 0 aliphatic rings. The second kappa shape index (κ2) is 8.87. The van der Waals surface area contributed by atoms with Gasteiger partial charge in [-0.15, -0.1) is 0 Å². The molecular weight excluding hydrogens is 373 g/mol. The smallest absolute Gasteiger partial charge is 0.250 e. The van der Waals surface area contributed by atoms with Crippen LogP contribution in [0.3, 0.4) is 0 Å². The number of rotatable bonds is 9. The highest BCUT2D eigenvalue weighted by molar-refractivity contribution is 6.01. The lowest BCUT2D eigenvalue weighted by Gasteiger charge is -2.24.